The summed E-state index contributed by atoms with van der Waals surface area (Å²) in [6.45, 7) is 1.59. The number of amides is 1. The molecule has 0 bridgehead atoms. The first-order valence-electron chi connectivity index (χ1n) is 8.85. The van der Waals surface area contributed by atoms with Crippen molar-refractivity contribution in [3.8, 4) is 10.6 Å². The molecular weight excluding hydrogens is 364 g/mol. The smallest absolute Gasteiger partial charge is 0.267 e. The summed E-state index contributed by atoms with van der Waals surface area (Å²) < 4.78 is 1.17. The average molecular weight is 384 g/mol. The fourth-order valence-electron chi connectivity index (χ4n) is 3.20. The van der Waals surface area contributed by atoms with E-state index in [-0.39, 0.29) is 24.1 Å². The standard InChI is InChI=1S/C18H20N6O2S/c25-17(12-24-18(26)4-1-7-19-24)20-13-5-8-23(9-6-13)16-11-14(21-22-16)15-3-2-10-27-15/h1-4,7,10-11,13H,5-6,8-9,12H2,(H,20,25)(H,21,22). The molecule has 4 heterocycles. The lowest BCUT2D eigenvalue weighted by molar-refractivity contribution is -0.122. The van der Waals surface area contributed by atoms with Gasteiger partial charge in [0.2, 0.25) is 5.91 Å². The van der Waals surface area contributed by atoms with Gasteiger partial charge in [0.05, 0.1) is 10.6 Å². The molecule has 4 rings (SSSR count). The van der Waals surface area contributed by atoms with Crippen molar-refractivity contribution in [1.29, 1.82) is 0 Å². The van der Waals surface area contributed by atoms with Crippen molar-refractivity contribution in [1.82, 2.24) is 25.3 Å². The molecule has 0 aliphatic carbocycles. The highest BCUT2D eigenvalue weighted by Crippen LogP contribution is 2.27. The molecule has 1 aliphatic heterocycles. The van der Waals surface area contributed by atoms with E-state index in [1.54, 1.807) is 17.4 Å². The number of hydrogen-bond donors (Lipinski definition) is 2. The van der Waals surface area contributed by atoms with Gasteiger partial charge in [0.1, 0.15) is 6.54 Å². The summed E-state index contributed by atoms with van der Waals surface area (Å²) in [7, 11) is 0. The van der Waals surface area contributed by atoms with Gasteiger partial charge in [-0.25, -0.2) is 4.68 Å². The first kappa shape index (κ1) is 17.5. The number of aromatic amines is 1. The quantitative estimate of drug-likeness (QED) is 0.695. The first-order chi connectivity index (χ1) is 13.2. The molecule has 1 amide bonds. The van der Waals surface area contributed by atoms with Crippen molar-refractivity contribution in [3.05, 3.63) is 52.3 Å². The Labute approximate surface area is 159 Å². The molecule has 0 spiro atoms. The normalized spacial score (nSPS) is 15.0. The first-order valence-corrected chi connectivity index (χ1v) is 9.73. The second kappa shape index (κ2) is 7.75. The Kier molecular flexibility index (Phi) is 5.01. The molecule has 1 fully saturated rings. The molecule has 0 atom stereocenters. The van der Waals surface area contributed by atoms with Crippen molar-refractivity contribution in [2.75, 3.05) is 18.0 Å². The monoisotopic (exact) mass is 384 g/mol. The van der Waals surface area contributed by atoms with Gasteiger partial charge in [-0.15, -0.1) is 11.3 Å². The maximum absolute atomic E-state index is 12.2. The van der Waals surface area contributed by atoms with Gasteiger partial charge in [-0.1, -0.05) is 6.07 Å². The summed E-state index contributed by atoms with van der Waals surface area (Å²) in [5.41, 5.74) is 0.749. The molecule has 3 aromatic heterocycles. The number of H-pyrrole nitrogens is 1. The number of aromatic nitrogens is 4. The zero-order chi connectivity index (χ0) is 18.6. The van der Waals surface area contributed by atoms with Crippen molar-refractivity contribution in [2.45, 2.75) is 25.4 Å². The number of rotatable bonds is 5. The summed E-state index contributed by atoms with van der Waals surface area (Å²) in [5, 5.41) is 16.5. The number of piperidine rings is 1. The molecule has 3 aromatic rings. The van der Waals surface area contributed by atoms with Gasteiger partial charge in [0.15, 0.2) is 5.82 Å². The average Bonchev–Trinajstić information content (AvgIpc) is 3.36. The van der Waals surface area contributed by atoms with Crippen LogP contribution in [-0.2, 0) is 11.3 Å². The number of thiophene rings is 1. The third kappa shape index (κ3) is 4.08. The molecule has 2 N–H and O–H groups in total. The molecule has 9 heteroatoms. The molecule has 0 aromatic carbocycles. The second-order valence-corrected chi connectivity index (χ2v) is 7.41. The topological polar surface area (TPSA) is 95.9 Å². The summed E-state index contributed by atoms with van der Waals surface area (Å²) >= 11 is 1.68. The number of hydrogen-bond acceptors (Lipinski definition) is 6. The lowest BCUT2D eigenvalue weighted by Gasteiger charge is -2.32. The Hall–Kier alpha value is -2.94. The molecular formula is C18H20N6O2S. The van der Waals surface area contributed by atoms with Gasteiger partial charge in [-0.05, 0) is 30.4 Å². The van der Waals surface area contributed by atoms with E-state index in [2.05, 4.69) is 37.6 Å². The minimum atomic E-state index is -0.275. The summed E-state index contributed by atoms with van der Waals surface area (Å²) in [5.74, 6) is 0.747. The zero-order valence-corrected chi connectivity index (χ0v) is 15.5. The van der Waals surface area contributed by atoms with Crippen molar-refractivity contribution >= 4 is 23.1 Å². The highest BCUT2D eigenvalue weighted by Gasteiger charge is 2.22. The van der Waals surface area contributed by atoms with Crippen LogP contribution in [0.15, 0.2) is 46.7 Å². The van der Waals surface area contributed by atoms with Crippen LogP contribution in [-0.4, -0.2) is 45.0 Å². The summed E-state index contributed by atoms with van der Waals surface area (Å²) in [4.78, 5) is 27.2. The Balaban J connectivity index is 1.29. The number of nitrogens with zero attached hydrogens (tertiary/aromatic N) is 4. The molecule has 1 saturated heterocycles. The molecule has 0 saturated carbocycles. The Morgan fingerprint density at radius 3 is 2.89 bits per heavy atom. The number of nitrogens with one attached hydrogen (secondary N) is 2. The highest BCUT2D eigenvalue weighted by atomic mass is 32.1. The zero-order valence-electron chi connectivity index (χ0n) is 14.7. The van der Waals surface area contributed by atoms with E-state index in [0.717, 1.165) is 37.4 Å². The largest absolute Gasteiger partial charge is 0.355 e. The summed E-state index contributed by atoms with van der Waals surface area (Å²) in [6.07, 6.45) is 3.18. The predicted molar refractivity (Wildman–Crippen MR) is 104 cm³/mol. The van der Waals surface area contributed by atoms with Crippen LogP contribution in [0, 0.1) is 0 Å². The number of carbonyl (C=O) groups excluding carboxylic acids is 1. The van der Waals surface area contributed by atoms with E-state index in [1.165, 1.54) is 21.8 Å². The molecule has 0 unspecified atom stereocenters. The van der Waals surface area contributed by atoms with Gasteiger partial charge >= 0.3 is 0 Å². The van der Waals surface area contributed by atoms with E-state index >= 15 is 0 Å². The van der Waals surface area contributed by atoms with E-state index in [0.29, 0.717) is 0 Å². The third-order valence-corrected chi connectivity index (χ3v) is 5.52. The van der Waals surface area contributed by atoms with Crippen LogP contribution in [0.1, 0.15) is 12.8 Å². The molecule has 27 heavy (non-hydrogen) atoms. The lowest BCUT2D eigenvalue weighted by Crippen LogP contribution is -2.46. The number of anilines is 1. The second-order valence-electron chi connectivity index (χ2n) is 6.47. The van der Waals surface area contributed by atoms with Gasteiger partial charge in [-0.2, -0.15) is 10.2 Å². The molecule has 8 nitrogen and oxygen atoms in total. The fourth-order valence-corrected chi connectivity index (χ4v) is 3.89. The predicted octanol–water partition coefficient (Wildman–Crippen LogP) is 1.48. The van der Waals surface area contributed by atoms with Crippen LogP contribution in [0.2, 0.25) is 0 Å². The molecule has 1 aliphatic rings. The van der Waals surface area contributed by atoms with E-state index in [1.807, 2.05) is 11.4 Å². The van der Waals surface area contributed by atoms with Crippen LogP contribution in [0.3, 0.4) is 0 Å². The minimum Gasteiger partial charge on any atom is -0.355 e. The van der Waals surface area contributed by atoms with Crippen LogP contribution in [0.4, 0.5) is 5.82 Å². The lowest BCUT2D eigenvalue weighted by atomic mass is 10.1. The van der Waals surface area contributed by atoms with E-state index in [4.69, 9.17) is 0 Å². The Morgan fingerprint density at radius 2 is 2.15 bits per heavy atom. The van der Waals surface area contributed by atoms with Crippen molar-refractivity contribution in [3.63, 3.8) is 0 Å². The van der Waals surface area contributed by atoms with Gasteiger partial charge in [0.25, 0.3) is 5.56 Å². The fraction of sp³-hybridized carbons (Fsp3) is 0.333. The van der Waals surface area contributed by atoms with Crippen molar-refractivity contribution in [2.24, 2.45) is 0 Å². The Bertz CT molecular complexity index is 956. The van der Waals surface area contributed by atoms with E-state index in [9.17, 15) is 9.59 Å². The van der Waals surface area contributed by atoms with Crippen LogP contribution < -0.4 is 15.8 Å². The minimum absolute atomic E-state index is 0.0522. The SMILES string of the molecule is O=C(Cn1ncccc1=O)NC1CCN(c2cc(-c3cccs3)[nH]n2)CC1. The van der Waals surface area contributed by atoms with E-state index < -0.39 is 0 Å². The van der Waals surface area contributed by atoms with Gasteiger partial charge in [-0.3, -0.25) is 14.7 Å². The maximum atomic E-state index is 12.2. The maximum Gasteiger partial charge on any atom is 0.267 e. The van der Waals surface area contributed by atoms with Crippen LogP contribution in [0.25, 0.3) is 10.6 Å². The molecule has 140 valence electrons. The molecule has 0 radical (unpaired) electrons. The van der Waals surface area contributed by atoms with Crippen LogP contribution in [0.5, 0.6) is 0 Å². The van der Waals surface area contributed by atoms with Crippen LogP contribution >= 0.6 is 11.3 Å². The Morgan fingerprint density at radius 1 is 1.30 bits per heavy atom. The van der Waals surface area contributed by atoms with Gasteiger partial charge in [0, 0.05) is 37.5 Å². The van der Waals surface area contributed by atoms with Gasteiger partial charge < -0.3 is 10.2 Å². The number of carbonyl (C=O) groups is 1. The third-order valence-electron chi connectivity index (χ3n) is 4.61. The van der Waals surface area contributed by atoms with Crippen molar-refractivity contribution < 1.29 is 4.79 Å². The summed E-state index contributed by atoms with van der Waals surface area (Å²) in [6, 6.07) is 9.21. The highest BCUT2D eigenvalue weighted by molar-refractivity contribution is 7.13.